The van der Waals surface area contributed by atoms with E-state index in [1.165, 1.54) is 115 Å². The molecule has 2 N–H and O–H groups in total. The Morgan fingerprint density at radius 3 is 1.26 bits per heavy atom. The molecule has 0 amide bonds. The summed E-state index contributed by atoms with van der Waals surface area (Å²) < 4.78 is 41.9. The summed E-state index contributed by atoms with van der Waals surface area (Å²) >= 11 is 0. The molecular formula is C32H48BrF3N2O4. The van der Waals surface area contributed by atoms with Crippen LogP contribution in [0.15, 0.2) is 48.5 Å². The minimum Gasteiger partial charge on any atom is -1.00 e. The maximum absolute atomic E-state index is 10.5. The fourth-order valence-corrected chi connectivity index (χ4v) is 5.27. The van der Waals surface area contributed by atoms with Crippen LogP contribution in [-0.2, 0) is 17.6 Å². The second-order valence-corrected chi connectivity index (χ2v) is 10.8. The standard InChI is InChI=1S/2C15H23NO.C2HF3O2.BrH/c2*1-17-15-9-7-14(8-10-15)6-5-13-16-11-3-2-4-12-16;3-2(4,5)1(6)7;/h2*7-10H,2-6,11-13H2,1H3;(H,6,7);1H. The number of aliphatic carboxylic acids is 1. The number of hydrogen-bond acceptors (Lipinski definition) is 4. The number of carbonyl (C=O) groups is 1. The number of halogens is 4. The van der Waals surface area contributed by atoms with E-state index in [1.54, 1.807) is 14.2 Å². The van der Waals surface area contributed by atoms with Crippen molar-refractivity contribution in [1.82, 2.24) is 0 Å². The highest BCUT2D eigenvalue weighted by molar-refractivity contribution is 5.70. The molecule has 0 bridgehead atoms. The molecule has 0 aliphatic carbocycles. The van der Waals surface area contributed by atoms with Crippen molar-refractivity contribution in [3.05, 3.63) is 59.7 Å². The number of piperidine rings is 2. The number of aryl methyl sites for hydroxylation is 2. The zero-order valence-electron chi connectivity index (χ0n) is 25.1. The molecule has 2 fully saturated rings. The molecule has 0 saturated carbocycles. The van der Waals surface area contributed by atoms with Crippen LogP contribution in [0.25, 0.3) is 0 Å². The number of rotatable bonds is 10. The van der Waals surface area contributed by atoms with Crippen molar-refractivity contribution >= 4 is 5.97 Å². The van der Waals surface area contributed by atoms with Gasteiger partial charge in [0, 0.05) is 12.8 Å². The highest BCUT2D eigenvalue weighted by atomic mass is 79.9. The van der Waals surface area contributed by atoms with Gasteiger partial charge in [-0.1, -0.05) is 24.3 Å². The van der Waals surface area contributed by atoms with Crippen molar-refractivity contribution in [3.8, 4) is 11.5 Å². The smallest absolute Gasteiger partial charge is 0.430 e. The predicted octanol–water partition coefficient (Wildman–Crippen LogP) is -0.304. The Hall–Kier alpha value is -2.30. The molecule has 238 valence electrons. The summed E-state index contributed by atoms with van der Waals surface area (Å²) in [6, 6.07) is 17.0. The number of quaternary nitrogens is 2. The van der Waals surface area contributed by atoms with Crippen LogP contribution in [0.4, 0.5) is 13.2 Å². The first-order chi connectivity index (χ1) is 19.7. The zero-order chi connectivity index (χ0) is 29.9. The number of likely N-dealkylation sites (tertiary alicyclic amines) is 2. The molecule has 0 unspecified atom stereocenters. The van der Waals surface area contributed by atoms with E-state index in [2.05, 4.69) is 48.5 Å². The van der Waals surface area contributed by atoms with Crippen molar-refractivity contribution in [1.29, 1.82) is 0 Å². The summed E-state index contributed by atoms with van der Waals surface area (Å²) in [5.74, 6) is -1.10. The molecular weight excluding hydrogens is 613 g/mol. The fourth-order valence-electron chi connectivity index (χ4n) is 5.27. The maximum atomic E-state index is 10.5. The second-order valence-electron chi connectivity index (χ2n) is 10.8. The molecule has 2 aromatic carbocycles. The van der Waals surface area contributed by atoms with E-state index in [-0.39, 0.29) is 17.0 Å². The van der Waals surface area contributed by atoms with Crippen LogP contribution >= 0.6 is 0 Å². The first-order valence-electron chi connectivity index (χ1n) is 14.9. The summed E-state index contributed by atoms with van der Waals surface area (Å²) in [6.07, 6.45) is 8.43. The van der Waals surface area contributed by atoms with E-state index in [9.17, 15) is 13.2 Å². The van der Waals surface area contributed by atoms with E-state index >= 15 is 0 Å². The van der Waals surface area contributed by atoms with Gasteiger partial charge in [0.2, 0.25) is 0 Å². The van der Waals surface area contributed by atoms with Crippen LogP contribution < -0.4 is 41.4 Å². The molecule has 10 heteroatoms. The number of methoxy groups -OCH3 is 2. The largest absolute Gasteiger partial charge is 1.00 e. The van der Waals surface area contributed by atoms with Crippen LogP contribution in [-0.4, -0.2) is 65.6 Å². The minimum absolute atomic E-state index is 0. The predicted molar refractivity (Wildman–Crippen MR) is 153 cm³/mol. The van der Waals surface area contributed by atoms with Crippen molar-refractivity contribution in [2.75, 3.05) is 53.5 Å². The van der Waals surface area contributed by atoms with Gasteiger partial charge in [0.15, 0.2) is 0 Å². The number of benzene rings is 2. The van der Waals surface area contributed by atoms with Gasteiger partial charge in [-0.25, -0.2) is 0 Å². The molecule has 0 radical (unpaired) electrons. The van der Waals surface area contributed by atoms with E-state index in [4.69, 9.17) is 19.4 Å². The number of carboxylic acids is 1. The summed E-state index contributed by atoms with van der Waals surface area (Å²) in [7, 11) is 3.43. The van der Waals surface area contributed by atoms with Gasteiger partial charge in [-0.2, -0.15) is 13.2 Å². The molecule has 2 heterocycles. The third kappa shape index (κ3) is 16.4. The van der Waals surface area contributed by atoms with Crippen molar-refractivity contribution in [2.24, 2.45) is 0 Å². The van der Waals surface area contributed by atoms with Gasteiger partial charge in [-0.05, 0) is 86.8 Å². The maximum Gasteiger partial charge on any atom is 0.430 e. The molecule has 0 atom stereocenters. The van der Waals surface area contributed by atoms with Gasteiger partial charge in [-0.15, -0.1) is 0 Å². The van der Waals surface area contributed by atoms with Crippen LogP contribution in [0.5, 0.6) is 11.5 Å². The van der Waals surface area contributed by atoms with E-state index < -0.39 is 12.1 Å². The summed E-state index contributed by atoms with van der Waals surface area (Å²) in [5, 5.41) is 8.78. The Balaban J connectivity index is 0.000000338. The van der Waals surface area contributed by atoms with Gasteiger partial charge in [0.25, 0.3) is 0 Å². The first kappa shape index (κ1) is 37.7. The van der Waals surface area contributed by atoms with Gasteiger partial charge in [0.1, 0.15) is 17.5 Å². The lowest BCUT2D eigenvalue weighted by molar-refractivity contribution is -0.905. The Kier molecular flexibility index (Phi) is 19.2. The molecule has 42 heavy (non-hydrogen) atoms. The van der Waals surface area contributed by atoms with Crippen LogP contribution in [0.3, 0.4) is 0 Å². The highest BCUT2D eigenvalue weighted by Crippen LogP contribution is 2.13. The number of hydrogen-bond donors (Lipinski definition) is 2. The van der Waals surface area contributed by atoms with Gasteiger partial charge in [0.05, 0.1) is 53.5 Å². The second kappa shape index (κ2) is 21.4. The fraction of sp³-hybridized carbons (Fsp3) is 0.594. The average molecular weight is 662 g/mol. The third-order valence-corrected chi connectivity index (χ3v) is 7.66. The van der Waals surface area contributed by atoms with Gasteiger partial charge >= 0.3 is 6.18 Å². The molecule has 0 spiro atoms. The lowest BCUT2D eigenvalue weighted by Crippen LogP contribution is -3.12. The minimum atomic E-state index is -5.19. The number of carboxylic acid groups (broad SMARTS) is 1. The molecule has 2 aliphatic rings. The summed E-state index contributed by atoms with van der Waals surface area (Å²) in [6.45, 7) is 8.24. The van der Waals surface area contributed by atoms with E-state index in [0.29, 0.717) is 0 Å². The van der Waals surface area contributed by atoms with Crippen molar-refractivity contribution in [3.63, 3.8) is 0 Å². The van der Waals surface area contributed by atoms with Crippen LogP contribution in [0.2, 0.25) is 0 Å². The third-order valence-electron chi connectivity index (χ3n) is 7.66. The van der Waals surface area contributed by atoms with Gasteiger partial charge in [-0.3, -0.25) is 0 Å². The molecule has 6 nitrogen and oxygen atoms in total. The topological polar surface area (TPSA) is 67.5 Å². The van der Waals surface area contributed by atoms with Gasteiger partial charge < -0.3 is 46.2 Å². The molecule has 2 aliphatic heterocycles. The molecule has 2 aromatic rings. The number of ether oxygens (including phenoxy) is 2. The van der Waals surface area contributed by atoms with Crippen molar-refractivity contribution < 1.29 is 59.3 Å². The molecule has 2 saturated heterocycles. The normalized spacial score (nSPS) is 15.6. The quantitative estimate of drug-likeness (QED) is 0.367. The van der Waals surface area contributed by atoms with Crippen LogP contribution in [0, 0.1) is 0 Å². The summed E-state index contributed by atoms with van der Waals surface area (Å²) in [5.41, 5.74) is 2.87. The molecule has 4 rings (SSSR count). The van der Waals surface area contributed by atoms with E-state index in [0.717, 1.165) is 11.5 Å². The number of alkyl halides is 3. The number of carbonyl (C=O) groups excluding carboxylic acids is 1. The van der Waals surface area contributed by atoms with Crippen molar-refractivity contribution in [2.45, 2.75) is 70.4 Å². The lowest BCUT2D eigenvalue weighted by Gasteiger charge is -2.23. The zero-order valence-corrected chi connectivity index (χ0v) is 26.7. The first-order valence-corrected chi connectivity index (χ1v) is 14.9. The number of nitrogens with one attached hydrogen (secondary N) is 2. The van der Waals surface area contributed by atoms with E-state index in [1.807, 2.05) is 9.80 Å². The Bertz CT molecular complexity index is 896. The Labute approximate surface area is 259 Å². The Morgan fingerprint density at radius 2 is 1.00 bits per heavy atom. The monoisotopic (exact) mass is 660 g/mol. The lowest BCUT2D eigenvalue weighted by atomic mass is 10.1. The van der Waals surface area contributed by atoms with Crippen LogP contribution in [0.1, 0.15) is 62.5 Å². The molecule has 0 aromatic heterocycles. The SMILES string of the molecule is COc1ccc(CCC[NH+]2CCCCC2)cc1.COc1ccc(CCC[NH+]2CCCCC2)cc1.O=C([O-])C(F)(F)F.[Br-]. The Morgan fingerprint density at radius 1 is 0.690 bits per heavy atom. The average Bonchev–Trinajstić information content (AvgIpc) is 2.99. The summed E-state index contributed by atoms with van der Waals surface area (Å²) in [4.78, 5) is 12.4. The highest BCUT2D eigenvalue weighted by Gasteiger charge is 2.28.